The minimum atomic E-state index is -0.554. The highest BCUT2D eigenvalue weighted by Gasteiger charge is 2.22. The molecule has 0 unspecified atom stereocenters. The number of nitrogens with zero attached hydrogens (tertiary/aromatic N) is 3. The molecule has 6 nitrogen and oxygen atoms in total. The van der Waals surface area contributed by atoms with Crippen LogP contribution in [0.3, 0.4) is 0 Å². The van der Waals surface area contributed by atoms with E-state index in [4.69, 9.17) is 16.7 Å². The van der Waals surface area contributed by atoms with Crippen molar-refractivity contribution in [2.45, 2.75) is 0 Å². The van der Waals surface area contributed by atoms with E-state index >= 15 is 0 Å². The number of rotatable bonds is 6. The van der Waals surface area contributed by atoms with Crippen LogP contribution < -0.4 is 4.90 Å². The molecule has 1 aromatic heterocycles. The predicted octanol–water partition coefficient (Wildman–Crippen LogP) is 1.63. The van der Waals surface area contributed by atoms with E-state index in [1.54, 1.807) is 11.0 Å². The van der Waals surface area contributed by atoms with Gasteiger partial charge in [-0.25, -0.2) is 0 Å². The van der Waals surface area contributed by atoms with Crippen LogP contribution in [0.1, 0.15) is 0 Å². The van der Waals surface area contributed by atoms with Crippen LogP contribution in [0.15, 0.2) is 25.0 Å². The van der Waals surface area contributed by atoms with Gasteiger partial charge >= 0.3 is 5.69 Å². The summed E-state index contributed by atoms with van der Waals surface area (Å²) in [5, 5.41) is 20.0. The van der Waals surface area contributed by atoms with Gasteiger partial charge < -0.3 is 10.0 Å². The van der Waals surface area contributed by atoms with Crippen LogP contribution in [0.2, 0.25) is 5.02 Å². The third-order valence-electron chi connectivity index (χ3n) is 2.09. The lowest BCUT2D eigenvalue weighted by Gasteiger charge is -2.22. The van der Waals surface area contributed by atoms with Crippen LogP contribution in [0.4, 0.5) is 11.4 Å². The molecule has 0 fully saturated rings. The number of aromatic nitrogens is 1. The molecule has 0 saturated carbocycles. The quantitative estimate of drug-likeness (QED) is 0.476. The highest BCUT2D eigenvalue weighted by Crippen LogP contribution is 2.34. The number of nitro groups is 1. The molecule has 0 aliphatic carbocycles. The van der Waals surface area contributed by atoms with Gasteiger partial charge in [-0.1, -0.05) is 17.7 Å². The van der Waals surface area contributed by atoms with Crippen molar-refractivity contribution in [1.82, 2.24) is 4.98 Å². The number of aliphatic hydroxyl groups excluding tert-OH is 1. The molecule has 1 rings (SSSR count). The van der Waals surface area contributed by atoms with Gasteiger partial charge in [0.1, 0.15) is 11.9 Å². The van der Waals surface area contributed by atoms with Gasteiger partial charge in [0.2, 0.25) is 0 Å². The van der Waals surface area contributed by atoms with E-state index in [9.17, 15) is 10.1 Å². The molecule has 0 amide bonds. The molecule has 0 radical (unpaired) electrons. The van der Waals surface area contributed by atoms with Gasteiger partial charge in [-0.2, -0.15) is 0 Å². The first-order valence-electron chi connectivity index (χ1n) is 4.86. The molecule has 1 heterocycles. The molecule has 0 bridgehead atoms. The molecule has 0 aliphatic heterocycles. The lowest BCUT2D eigenvalue weighted by Crippen LogP contribution is -2.27. The first-order valence-corrected chi connectivity index (χ1v) is 5.24. The summed E-state index contributed by atoms with van der Waals surface area (Å²) in [4.78, 5) is 15.6. The normalized spacial score (nSPS) is 10.0. The van der Waals surface area contributed by atoms with Crippen LogP contribution in [0.5, 0.6) is 0 Å². The molecular formula is C10H12ClN3O3. The van der Waals surface area contributed by atoms with E-state index in [-0.39, 0.29) is 29.5 Å². The molecule has 7 heteroatoms. The van der Waals surface area contributed by atoms with E-state index in [0.717, 1.165) is 6.20 Å². The molecule has 92 valence electrons. The standard InChI is InChI=1S/C10H12ClN3O3/c1-2-3-13(4-5-15)10-8(11)6-12-7-9(10)14(16)17/h2,6-7,15H,1,3-5H2. The molecule has 0 aliphatic rings. The largest absolute Gasteiger partial charge is 0.395 e. The van der Waals surface area contributed by atoms with Gasteiger partial charge in [0.25, 0.3) is 0 Å². The fourth-order valence-corrected chi connectivity index (χ4v) is 1.71. The van der Waals surface area contributed by atoms with E-state index in [2.05, 4.69) is 11.6 Å². The molecule has 1 N–H and O–H groups in total. The Morgan fingerprint density at radius 2 is 2.35 bits per heavy atom. The summed E-state index contributed by atoms with van der Waals surface area (Å²) in [6, 6.07) is 0. The number of hydrogen-bond acceptors (Lipinski definition) is 5. The number of anilines is 1. The van der Waals surface area contributed by atoms with Crippen molar-refractivity contribution in [3.8, 4) is 0 Å². The third kappa shape index (κ3) is 3.15. The Morgan fingerprint density at radius 1 is 1.65 bits per heavy atom. The average molecular weight is 258 g/mol. The second kappa shape index (κ2) is 6.17. The average Bonchev–Trinajstić information content (AvgIpc) is 2.28. The molecule has 0 atom stereocenters. The summed E-state index contributed by atoms with van der Waals surface area (Å²) in [5.74, 6) is 0. The Morgan fingerprint density at radius 3 is 2.88 bits per heavy atom. The van der Waals surface area contributed by atoms with Gasteiger partial charge in [0.05, 0.1) is 16.6 Å². The third-order valence-corrected chi connectivity index (χ3v) is 2.36. The van der Waals surface area contributed by atoms with E-state index in [0.29, 0.717) is 6.54 Å². The Balaban J connectivity index is 3.23. The lowest BCUT2D eigenvalue weighted by atomic mass is 10.3. The van der Waals surface area contributed by atoms with Gasteiger partial charge in [-0.05, 0) is 0 Å². The summed E-state index contributed by atoms with van der Waals surface area (Å²) in [7, 11) is 0. The SMILES string of the molecule is C=CCN(CCO)c1c(Cl)cncc1[N+](=O)[O-]. The van der Waals surface area contributed by atoms with Gasteiger partial charge in [-0.15, -0.1) is 6.58 Å². The Bertz CT molecular complexity index is 425. The van der Waals surface area contributed by atoms with Crippen molar-refractivity contribution < 1.29 is 10.0 Å². The molecule has 0 aromatic carbocycles. The van der Waals surface area contributed by atoms with Crippen molar-refractivity contribution in [2.24, 2.45) is 0 Å². The van der Waals surface area contributed by atoms with Crippen LogP contribution in [-0.4, -0.2) is 34.7 Å². The van der Waals surface area contributed by atoms with Crippen molar-refractivity contribution >= 4 is 23.0 Å². The predicted molar refractivity (Wildman–Crippen MR) is 65.4 cm³/mol. The molecular weight excluding hydrogens is 246 g/mol. The highest BCUT2D eigenvalue weighted by molar-refractivity contribution is 6.33. The number of pyridine rings is 1. The fraction of sp³-hybridized carbons (Fsp3) is 0.300. The second-order valence-electron chi connectivity index (χ2n) is 3.20. The maximum Gasteiger partial charge on any atom is 0.312 e. The molecule has 1 aromatic rings. The van der Waals surface area contributed by atoms with Crippen LogP contribution >= 0.6 is 11.6 Å². The summed E-state index contributed by atoms with van der Waals surface area (Å²) in [6.07, 6.45) is 4.04. The summed E-state index contributed by atoms with van der Waals surface area (Å²) in [6.45, 7) is 4.01. The maximum absolute atomic E-state index is 10.9. The molecule has 0 spiro atoms. The zero-order chi connectivity index (χ0) is 12.8. The smallest absolute Gasteiger partial charge is 0.312 e. The van der Waals surface area contributed by atoms with Crippen molar-refractivity contribution in [3.63, 3.8) is 0 Å². The number of aliphatic hydroxyl groups is 1. The second-order valence-corrected chi connectivity index (χ2v) is 3.61. The van der Waals surface area contributed by atoms with Crippen LogP contribution in [0, 0.1) is 10.1 Å². The monoisotopic (exact) mass is 257 g/mol. The number of halogens is 1. The van der Waals surface area contributed by atoms with Crippen molar-refractivity contribution in [2.75, 3.05) is 24.6 Å². The highest BCUT2D eigenvalue weighted by atomic mass is 35.5. The van der Waals surface area contributed by atoms with Gasteiger partial charge in [-0.3, -0.25) is 15.1 Å². The summed E-state index contributed by atoms with van der Waals surface area (Å²) < 4.78 is 0. The van der Waals surface area contributed by atoms with E-state index < -0.39 is 4.92 Å². The summed E-state index contributed by atoms with van der Waals surface area (Å²) >= 11 is 5.92. The van der Waals surface area contributed by atoms with Gasteiger partial charge in [0.15, 0.2) is 0 Å². The molecule has 17 heavy (non-hydrogen) atoms. The van der Waals surface area contributed by atoms with Crippen LogP contribution in [0.25, 0.3) is 0 Å². The fourth-order valence-electron chi connectivity index (χ4n) is 1.44. The Hall–Kier alpha value is -1.66. The minimum absolute atomic E-state index is 0.135. The van der Waals surface area contributed by atoms with E-state index in [1.165, 1.54) is 6.20 Å². The maximum atomic E-state index is 10.9. The topological polar surface area (TPSA) is 79.5 Å². The van der Waals surface area contributed by atoms with Crippen molar-refractivity contribution in [1.29, 1.82) is 0 Å². The van der Waals surface area contributed by atoms with Crippen molar-refractivity contribution in [3.05, 3.63) is 40.2 Å². The first kappa shape index (κ1) is 13.4. The first-order chi connectivity index (χ1) is 8.11. The summed E-state index contributed by atoms with van der Waals surface area (Å²) in [5.41, 5.74) is 0.0633. The zero-order valence-corrected chi connectivity index (χ0v) is 9.80. The Kier molecular flexibility index (Phi) is 4.86. The Labute approximate surface area is 103 Å². The van der Waals surface area contributed by atoms with E-state index in [1.807, 2.05) is 0 Å². The van der Waals surface area contributed by atoms with Gasteiger partial charge in [0, 0.05) is 19.3 Å². The minimum Gasteiger partial charge on any atom is -0.395 e. The lowest BCUT2D eigenvalue weighted by molar-refractivity contribution is -0.384. The molecule has 0 saturated heterocycles. The zero-order valence-electron chi connectivity index (χ0n) is 9.04. The number of hydrogen-bond donors (Lipinski definition) is 1. The van der Waals surface area contributed by atoms with Crippen LogP contribution in [-0.2, 0) is 0 Å².